The zero-order chi connectivity index (χ0) is 14.7. The minimum absolute atomic E-state index is 0.0183. The van der Waals surface area contributed by atoms with Gasteiger partial charge in [-0.15, -0.1) is 0 Å². The van der Waals surface area contributed by atoms with Crippen molar-refractivity contribution in [2.24, 2.45) is 0 Å². The lowest BCUT2D eigenvalue weighted by Gasteiger charge is -2.15. The number of amides is 1. The van der Waals surface area contributed by atoms with Crippen molar-refractivity contribution in [3.8, 4) is 0 Å². The Morgan fingerprint density at radius 3 is 2.11 bits per heavy atom. The summed E-state index contributed by atoms with van der Waals surface area (Å²) in [5.74, 6) is -0.0183. The maximum Gasteiger partial charge on any atom is 0.254 e. The van der Waals surface area contributed by atoms with Crippen molar-refractivity contribution in [1.82, 2.24) is 4.90 Å². The summed E-state index contributed by atoms with van der Waals surface area (Å²) in [7, 11) is 0. The summed E-state index contributed by atoms with van der Waals surface area (Å²) in [4.78, 5) is 24.6. The molecule has 0 saturated carbocycles. The fourth-order valence-electron chi connectivity index (χ4n) is 1.89. The van der Waals surface area contributed by atoms with Gasteiger partial charge in [0.2, 0.25) is 0 Å². The van der Waals surface area contributed by atoms with Crippen molar-refractivity contribution >= 4 is 12.2 Å². The summed E-state index contributed by atoms with van der Waals surface area (Å²) in [6.45, 7) is 9.62. The lowest BCUT2D eigenvalue weighted by atomic mass is 10.1. The fourth-order valence-corrected chi connectivity index (χ4v) is 1.89. The van der Waals surface area contributed by atoms with Gasteiger partial charge in [0.25, 0.3) is 5.91 Å². The molecule has 0 unspecified atom stereocenters. The van der Waals surface area contributed by atoms with Gasteiger partial charge >= 0.3 is 0 Å². The van der Waals surface area contributed by atoms with Gasteiger partial charge in [0.05, 0.1) is 5.56 Å². The van der Waals surface area contributed by atoms with Gasteiger partial charge < -0.3 is 4.90 Å². The summed E-state index contributed by atoms with van der Waals surface area (Å²) in [6, 6.07) is 6.95. The first kappa shape index (κ1) is 17.4. The first-order valence-electron chi connectivity index (χ1n) is 7.16. The van der Waals surface area contributed by atoms with E-state index in [0.29, 0.717) is 11.1 Å². The van der Waals surface area contributed by atoms with Gasteiger partial charge in [-0.25, -0.2) is 0 Å². The first-order valence-corrected chi connectivity index (χ1v) is 7.16. The SMILES string of the molecule is CC.CC.O=Cc1ccccc1C(=O)N1CCCC1. The molecule has 0 aliphatic carbocycles. The Morgan fingerprint density at radius 2 is 1.58 bits per heavy atom. The largest absolute Gasteiger partial charge is 0.339 e. The molecule has 3 heteroatoms. The molecule has 1 saturated heterocycles. The number of aldehydes is 1. The zero-order valence-corrected chi connectivity index (χ0v) is 12.5. The van der Waals surface area contributed by atoms with Crippen molar-refractivity contribution < 1.29 is 9.59 Å². The molecule has 0 bridgehead atoms. The molecule has 106 valence electrons. The monoisotopic (exact) mass is 263 g/mol. The van der Waals surface area contributed by atoms with Crippen LogP contribution in [-0.4, -0.2) is 30.2 Å². The number of nitrogens with zero attached hydrogens (tertiary/aromatic N) is 1. The second-order valence-electron chi connectivity index (χ2n) is 3.70. The van der Waals surface area contributed by atoms with Crippen molar-refractivity contribution in [1.29, 1.82) is 0 Å². The molecule has 2 rings (SSSR count). The number of rotatable bonds is 2. The van der Waals surface area contributed by atoms with E-state index in [1.54, 1.807) is 24.3 Å². The normalized spacial score (nSPS) is 12.7. The van der Waals surface area contributed by atoms with Crippen LogP contribution in [0.5, 0.6) is 0 Å². The number of hydrogen-bond acceptors (Lipinski definition) is 2. The fraction of sp³-hybridized carbons (Fsp3) is 0.500. The van der Waals surface area contributed by atoms with Crippen LogP contribution in [0.2, 0.25) is 0 Å². The average molecular weight is 263 g/mol. The summed E-state index contributed by atoms with van der Waals surface area (Å²) in [5, 5.41) is 0. The number of hydrogen-bond donors (Lipinski definition) is 0. The van der Waals surface area contributed by atoms with Gasteiger partial charge in [-0.1, -0.05) is 45.9 Å². The smallest absolute Gasteiger partial charge is 0.254 e. The lowest BCUT2D eigenvalue weighted by molar-refractivity contribution is 0.0789. The van der Waals surface area contributed by atoms with Crippen LogP contribution in [0, 0.1) is 0 Å². The van der Waals surface area contributed by atoms with Gasteiger partial charge in [0.1, 0.15) is 0 Å². The maximum atomic E-state index is 12.0. The molecular weight excluding hydrogens is 238 g/mol. The van der Waals surface area contributed by atoms with E-state index in [1.807, 2.05) is 32.6 Å². The summed E-state index contributed by atoms with van der Waals surface area (Å²) in [6.07, 6.45) is 2.87. The van der Waals surface area contributed by atoms with E-state index in [4.69, 9.17) is 0 Å². The van der Waals surface area contributed by atoms with Crippen molar-refractivity contribution in [3.63, 3.8) is 0 Å². The van der Waals surface area contributed by atoms with Crippen LogP contribution >= 0.6 is 0 Å². The van der Waals surface area contributed by atoms with E-state index < -0.39 is 0 Å². The van der Waals surface area contributed by atoms with E-state index >= 15 is 0 Å². The molecule has 0 aromatic heterocycles. The molecule has 1 aromatic carbocycles. The van der Waals surface area contributed by atoms with Crippen molar-refractivity contribution in [3.05, 3.63) is 35.4 Å². The maximum absolute atomic E-state index is 12.0. The van der Waals surface area contributed by atoms with Gasteiger partial charge in [-0.3, -0.25) is 9.59 Å². The number of benzene rings is 1. The minimum atomic E-state index is -0.0183. The standard InChI is InChI=1S/C12H13NO2.2C2H6/c14-9-10-5-1-2-6-11(10)12(15)13-7-3-4-8-13;2*1-2/h1-2,5-6,9H,3-4,7-8H2;2*1-2H3. The topological polar surface area (TPSA) is 37.4 Å². The van der Waals surface area contributed by atoms with Crippen LogP contribution in [0.25, 0.3) is 0 Å². The van der Waals surface area contributed by atoms with Crippen LogP contribution in [0.4, 0.5) is 0 Å². The molecule has 1 aliphatic rings. The molecule has 1 heterocycles. The summed E-state index contributed by atoms with van der Waals surface area (Å²) in [5.41, 5.74) is 1.00. The van der Waals surface area contributed by atoms with Gasteiger partial charge in [0, 0.05) is 18.7 Å². The average Bonchev–Trinajstić information content (AvgIpc) is 3.05. The molecule has 3 nitrogen and oxygen atoms in total. The molecule has 0 N–H and O–H groups in total. The highest BCUT2D eigenvalue weighted by Gasteiger charge is 2.20. The Labute approximate surface area is 116 Å². The highest BCUT2D eigenvalue weighted by Crippen LogP contribution is 2.14. The number of likely N-dealkylation sites (tertiary alicyclic amines) is 1. The predicted octanol–water partition coefficient (Wildman–Crippen LogP) is 3.79. The van der Waals surface area contributed by atoms with Gasteiger partial charge in [0.15, 0.2) is 6.29 Å². The van der Waals surface area contributed by atoms with Crippen LogP contribution in [0.1, 0.15) is 61.3 Å². The quantitative estimate of drug-likeness (QED) is 0.761. The van der Waals surface area contributed by atoms with Crippen LogP contribution in [0.3, 0.4) is 0 Å². The van der Waals surface area contributed by atoms with Crippen molar-refractivity contribution in [2.75, 3.05) is 13.1 Å². The molecule has 1 amide bonds. The van der Waals surface area contributed by atoms with Gasteiger partial charge in [-0.05, 0) is 18.9 Å². The molecule has 0 radical (unpaired) electrons. The van der Waals surface area contributed by atoms with E-state index in [9.17, 15) is 9.59 Å². The Bertz CT molecular complexity index is 382. The lowest BCUT2D eigenvalue weighted by Crippen LogP contribution is -2.28. The zero-order valence-electron chi connectivity index (χ0n) is 12.5. The van der Waals surface area contributed by atoms with E-state index in [0.717, 1.165) is 32.2 Å². The molecule has 0 spiro atoms. The third-order valence-corrected chi connectivity index (χ3v) is 2.71. The number of carbonyl (C=O) groups excluding carboxylic acids is 2. The first-order chi connectivity index (χ1) is 9.33. The second-order valence-corrected chi connectivity index (χ2v) is 3.70. The highest BCUT2D eigenvalue weighted by molar-refractivity contribution is 6.01. The van der Waals surface area contributed by atoms with Crippen molar-refractivity contribution in [2.45, 2.75) is 40.5 Å². The summed E-state index contributed by atoms with van der Waals surface area (Å²) < 4.78 is 0. The Kier molecular flexibility index (Phi) is 9.41. The molecule has 0 atom stereocenters. The summed E-state index contributed by atoms with van der Waals surface area (Å²) >= 11 is 0. The molecular formula is C16H25NO2. The van der Waals surface area contributed by atoms with E-state index in [2.05, 4.69) is 0 Å². The number of carbonyl (C=O) groups is 2. The van der Waals surface area contributed by atoms with Crippen LogP contribution < -0.4 is 0 Å². The second kappa shape index (κ2) is 10.3. The van der Waals surface area contributed by atoms with Crippen LogP contribution in [0.15, 0.2) is 24.3 Å². The molecule has 1 fully saturated rings. The van der Waals surface area contributed by atoms with E-state index in [1.165, 1.54) is 0 Å². The van der Waals surface area contributed by atoms with Gasteiger partial charge in [-0.2, -0.15) is 0 Å². The predicted molar refractivity (Wildman–Crippen MR) is 79.7 cm³/mol. The van der Waals surface area contributed by atoms with E-state index in [-0.39, 0.29) is 5.91 Å². The highest BCUT2D eigenvalue weighted by atomic mass is 16.2. The Hall–Kier alpha value is -1.64. The Morgan fingerprint density at radius 1 is 1.05 bits per heavy atom. The molecule has 19 heavy (non-hydrogen) atoms. The third-order valence-electron chi connectivity index (χ3n) is 2.71. The Balaban J connectivity index is 0.000000741. The minimum Gasteiger partial charge on any atom is -0.339 e. The third kappa shape index (κ3) is 4.86. The molecule has 1 aliphatic heterocycles. The molecule has 1 aromatic rings. The van der Waals surface area contributed by atoms with Crippen LogP contribution in [-0.2, 0) is 0 Å².